The van der Waals surface area contributed by atoms with Crippen LogP contribution in [0.3, 0.4) is 0 Å². The molecule has 2 aromatic carbocycles. The number of hydrogen-bond donors (Lipinski definition) is 1. The van der Waals surface area contributed by atoms with E-state index in [1.165, 1.54) is 0 Å². The number of nitrogens with zero attached hydrogens (tertiary/aromatic N) is 5. The van der Waals surface area contributed by atoms with Crippen molar-refractivity contribution in [2.24, 2.45) is 0 Å². The number of halogens is 1. The van der Waals surface area contributed by atoms with E-state index in [9.17, 15) is 10.4 Å². The maximum absolute atomic E-state index is 10.3. The molecule has 0 bridgehead atoms. The second-order valence-electron chi connectivity index (χ2n) is 6.74. The SMILES string of the molecule is N#CCCN(Cc1cccnc1)c1nc(-c2ccccc2O)nc2cc(Cl)ccc12. The van der Waals surface area contributed by atoms with Crippen LogP contribution in [0.15, 0.2) is 67.0 Å². The molecule has 0 amide bonds. The summed E-state index contributed by atoms with van der Waals surface area (Å²) in [5, 5.41) is 20.9. The topological polar surface area (TPSA) is 85.9 Å². The first-order chi connectivity index (χ1) is 14.7. The smallest absolute Gasteiger partial charge is 0.165 e. The van der Waals surface area contributed by atoms with Crippen molar-refractivity contribution in [1.82, 2.24) is 15.0 Å². The van der Waals surface area contributed by atoms with Crippen LogP contribution in [0, 0.1) is 11.3 Å². The Bertz CT molecular complexity index is 1220. The van der Waals surface area contributed by atoms with Crippen molar-refractivity contribution >= 4 is 28.3 Å². The van der Waals surface area contributed by atoms with Gasteiger partial charge in [0, 0.05) is 35.9 Å². The van der Waals surface area contributed by atoms with E-state index in [2.05, 4.69) is 16.0 Å². The monoisotopic (exact) mass is 415 g/mol. The van der Waals surface area contributed by atoms with Crippen molar-refractivity contribution in [3.8, 4) is 23.2 Å². The minimum Gasteiger partial charge on any atom is -0.507 e. The maximum atomic E-state index is 10.3. The summed E-state index contributed by atoms with van der Waals surface area (Å²) < 4.78 is 0. The van der Waals surface area contributed by atoms with Gasteiger partial charge in [-0.05, 0) is 42.0 Å². The lowest BCUT2D eigenvalue weighted by Gasteiger charge is -2.24. The molecule has 0 fully saturated rings. The van der Waals surface area contributed by atoms with Gasteiger partial charge in [0.25, 0.3) is 0 Å². The summed E-state index contributed by atoms with van der Waals surface area (Å²) in [5.41, 5.74) is 2.20. The van der Waals surface area contributed by atoms with E-state index < -0.39 is 0 Å². The molecule has 0 radical (unpaired) electrons. The van der Waals surface area contributed by atoms with Gasteiger partial charge in [0.05, 0.1) is 23.6 Å². The summed E-state index contributed by atoms with van der Waals surface area (Å²) >= 11 is 6.22. The number of fused-ring (bicyclic) bond motifs is 1. The number of aromatic nitrogens is 3. The van der Waals surface area contributed by atoms with E-state index in [1.54, 1.807) is 42.7 Å². The molecule has 0 aliphatic heterocycles. The zero-order valence-electron chi connectivity index (χ0n) is 16.0. The van der Waals surface area contributed by atoms with E-state index in [0.717, 1.165) is 10.9 Å². The highest BCUT2D eigenvalue weighted by Crippen LogP contribution is 2.33. The van der Waals surface area contributed by atoms with Gasteiger partial charge < -0.3 is 10.0 Å². The summed E-state index contributed by atoms with van der Waals surface area (Å²) in [5.74, 6) is 1.17. The largest absolute Gasteiger partial charge is 0.507 e. The fourth-order valence-corrected chi connectivity index (χ4v) is 3.43. The molecule has 30 heavy (non-hydrogen) atoms. The van der Waals surface area contributed by atoms with Crippen molar-refractivity contribution in [1.29, 1.82) is 5.26 Å². The van der Waals surface area contributed by atoms with E-state index in [1.807, 2.05) is 29.2 Å². The molecule has 0 unspecified atom stereocenters. The first-order valence-corrected chi connectivity index (χ1v) is 9.80. The number of pyridine rings is 1. The van der Waals surface area contributed by atoms with Crippen molar-refractivity contribution in [3.63, 3.8) is 0 Å². The molecule has 2 aromatic heterocycles. The summed E-state index contributed by atoms with van der Waals surface area (Å²) in [6.07, 6.45) is 3.86. The quantitative estimate of drug-likeness (QED) is 0.478. The van der Waals surface area contributed by atoms with Crippen molar-refractivity contribution < 1.29 is 5.11 Å². The average Bonchev–Trinajstić information content (AvgIpc) is 2.76. The van der Waals surface area contributed by atoms with Gasteiger partial charge in [0.2, 0.25) is 0 Å². The molecule has 6 nitrogen and oxygen atoms in total. The van der Waals surface area contributed by atoms with Crippen LogP contribution in [0.4, 0.5) is 5.82 Å². The predicted molar refractivity (Wildman–Crippen MR) is 117 cm³/mol. The maximum Gasteiger partial charge on any atom is 0.165 e. The molecule has 0 spiro atoms. The number of rotatable bonds is 6. The lowest BCUT2D eigenvalue weighted by Crippen LogP contribution is -2.25. The second-order valence-corrected chi connectivity index (χ2v) is 7.18. The van der Waals surface area contributed by atoms with E-state index >= 15 is 0 Å². The summed E-state index contributed by atoms with van der Waals surface area (Å²) in [6.45, 7) is 1.02. The molecule has 0 atom stereocenters. The van der Waals surface area contributed by atoms with Crippen LogP contribution < -0.4 is 4.90 Å². The Labute approximate surface area is 179 Å². The van der Waals surface area contributed by atoms with Gasteiger partial charge in [-0.15, -0.1) is 0 Å². The fraction of sp³-hybridized carbons (Fsp3) is 0.130. The lowest BCUT2D eigenvalue weighted by molar-refractivity contribution is 0.477. The standard InChI is InChI=1S/C23H18ClN5O/c24-17-8-9-18-20(13-17)27-22(19-6-1-2-7-21(19)30)28-23(18)29(12-4-10-25)15-16-5-3-11-26-14-16/h1-3,5-9,11,13-14,30H,4,12,15H2. The number of para-hydroxylation sites is 1. The molecule has 2 heterocycles. The molecule has 4 aromatic rings. The molecule has 0 saturated heterocycles. The zero-order chi connectivity index (χ0) is 20.9. The van der Waals surface area contributed by atoms with Crippen LogP contribution in [0.25, 0.3) is 22.3 Å². The number of benzene rings is 2. The van der Waals surface area contributed by atoms with Gasteiger partial charge in [-0.3, -0.25) is 4.98 Å². The highest BCUT2D eigenvalue weighted by molar-refractivity contribution is 6.31. The first kappa shape index (κ1) is 19.6. The van der Waals surface area contributed by atoms with Crippen molar-refractivity contribution in [2.45, 2.75) is 13.0 Å². The minimum absolute atomic E-state index is 0.0978. The summed E-state index contributed by atoms with van der Waals surface area (Å²) in [7, 11) is 0. The molecule has 0 saturated carbocycles. The normalized spacial score (nSPS) is 10.7. The van der Waals surface area contributed by atoms with Crippen LogP contribution in [0.2, 0.25) is 5.02 Å². The lowest BCUT2D eigenvalue weighted by atomic mass is 10.1. The van der Waals surface area contributed by atoms with Gasteiger partial charge in [0.15, 0.2) is 5.82 Å². The number of phenolic OH excluding ortho intramolecular Hbond substituents is 1. The Morgan fingerprint density at radius 3 is 2.70 bits per heavy atom. The fourth-order valence-electron chi connectivity index (χ4n) is 3.27. The zero-order valence-corrected chi connectivity index (χ0v) is 16.8. The number of phenols is 1. The number of aromatic hydroxyl groups is 1. The van der Waals surface area contributed by atoms with Crippen LogP contribution in [-0.4, -0.2) is 26.6 Å². The van der Waals surface area contributed by atoms with Crippen LogP contribution >= 0.6 is 11.6 Å². The van der Waals surface area contributed by atoms with Crippen molar-refractivity contribution in [3.05, 3.63) is 77.6 Å². The van der Waals surface area contributed by atoms with Gasteiger partial charge >= 0.3 is 0 Å². The van der Waals surface area contributed by atoms with Gasteiger partial charge in [-0.25, -0.2) is 9.97 Å². The molecule has 7 heteroatoms. The van der Waals surface area contributed by atoms with Crippen LogP contribution in [0.1, 0.15) is 12.0 Å². The third kappa shape index (κ3) is 4.17. The second kappa shape index (κ2) is 8.76. The van der Waals surface area contributed by atoms with Gasteiger partial charge in [0.1, 0.15) is 11.6 Å². The number of hydrogen-bond acceptors (Lipinski definition) is 6. The molecular weight excluding hydrogens is 398 g/mol. The highest BCUT2D eigenvalue weighted by Gasteiger charge is 2.18. The number of anilines is 1. The average molecular weight is 416 g/mol. The molecule has 148 valence electrons. The molecule has 0 aliphatic rings. The summed E-state index contributed by atoms with van der Waals surface area (Å²) in [4.78, 5) is 15.6. The van der Waals surface area contributed by atoms with Gasteiger partial charge in [-0.1, -0.05) is 29.8 Å². The molecule has 1 N–H and O–H groups in total. The van der Waals surface area contributed by atoms with E-state index in [4.69, 9.17) is 16.6 Å². The van der Waals surface area contributed by atoms with E-state index in [0.29, 0.717) is 47.3 Å². The van der Waals surface area contributed by atoms with Crippen molar-refractivity contribution in [2.75, 3.05) is 11.4 Å². The van der Waals surface area contributed by atoms with Crippen LogP contribution in [0.5, 0.6) is 5.75 Å². The Kier molecular flexibility index (Phi) is 5.73. The molecular formula is C23H18ClN5O. The Hall–Kier alpha value is -3.69. The molecule has 4 rings (SSSR count). The first-order valence-electron chi connectivity index (χ1n) is 9.42. The number of nitriles is 1. The Morgan fingerprint density at radius 2 is 1.93 bits per heavy atom. The van der Waals surface area contributed by atoms with E-state index in [-0.39, 0.29) is 5.75 Å². The Morgan fingerprint density at radius 1 is 1.07 bits per heavy atom. The highest BCUT2D eigenvalue weighted by atomic mass is 35.5. The third-order valence-electron chi connectivity index (χ3n) is 4.67. The minimum atomic E-state index is 0.0978. The molecule has 0 aliphatic carbocycles. The Balaban J connectivity index is 1.89. The van der Waals surface area contributed by atoms with Crippen LogP contribution in [-0.2, 0) is 6.54 Å². The third-order valence-corrected chi connectivity index (χ3v) is 4.91. The predicted octanol–water partition coefficient (Wildman–Crippen LogP) is 4.97. The van der Waals surface area contributed by atoms with Gasteiger partial charge in [-0.2, -0.15) is 5.26 Å². The summed E-state index contributed by atoms with van der Waals surface area (Å²) in [6, 6.07) is 18.5.